The molecule has 5 atom stereocenters. The number of anilines is 1. The van der Waals surface area contributed by atoms with Crippen molar-refractivity contribution in [3.8, 4) is 0 Å². The van der Waals surface area contributed by atoms with E-state index < -0.39 is 52.9 Å². The largest absolute Gasteiger partial charge is 0.476 e. The van der Waals surface area contributed by atoms with Crippen molar-refractivity contribution in [1.29, 1.82) is 0 Å². The van der Waals surface area contributed by atoms with Crippen LogP contribution in [0.4, 0.5) is 5.82 Å². The maximum Gasteiger partial charge on any atom is 0.476 e. The van der Waals surface area contributed by atoms with Gasteiger partial charge in [0.1, 0.15) is 24.1 Å². The summed E-state index contributed by atoms with van der Waals surface area (Å²) in [6.07, 6.45) is -4.40. The number of nitrogens with two attached hydrogens (primary N) is 1. The molecule has 0 aliphatic carbocycles. The third-order valence-corrected chi connectivity index (χ3v) is 4.97. The number of ether oxygens (including phenoxy) is 1. The van der Waals surface area contributed by atoms with E-state index in [1.165, 1.54) is 12.3 Å². The van der Waals surface area contributed by atoms with Gasteiger partial charge in [-0.1, -0.05) is 0 Å². The van der Waals surface area contributed by atoms with Gasteiger partial charge in [-0.25, -0.2) is 13.7 Å². The van der Waals surface area contributed by atoms with E-state index in [0.717, 1.165) is 4.57 Å². The third-order valence-electron chi connectivity index (χ3n) is 3.02. The van der Waals surface area contributed by atoms with E-state index in [1.807, 2.05) is 0 Å². The molecule has 6 N–H and O–H groups in total. The number of rotatable bonds is 6. The van der Waals surface area contributed by atoms with Crippen LogP contribution in [-0.4, -0.2) is 54.5 Å². The second-order valence-electron chi connectivity index (χ2n) is 4.73. The quantitative estimate of drug-likeness (QED) is 0.335. The summed E-state index contributed by atoms with van der Waals surface area (Å²) in [6, 6.07) is 1.28. The lowest BCUT2D eigenvalue weighted by molar-refractivity contribution is -0.0516. The molecule has 24 heavy (non-hydrogen) atoms. The molecule has 0 spiro atoms. The summed E-state index contributed by atoms with van der Waals surface area (Å²) in [5.41, 5.74) is 4.51. The van der Waals surface area contributed by atoms with E-state index in [0.29, 0.717) is 0 Å². The summed E-state index contributed by atoms with van der Waals surface area (Å²) in [7, 11) is -8.54. The van der Waals surface area contributed by atoms with Gasteiger partial charge in [0.05, 0.1) is 6.61 Å². The fourth-order valence-corrected chi connectivity index (χ4v) is 3.28. The summed E-state index contributed by atoms with van der Waals surface area (Å²) in [5.74, 6) is -0.0441. The first kappa shape index (κ1) is 19.2. The van der Waals surface area contributed by atoms with E-state index in [1.54, 1.807) is 0 Å². The molecule has 1 fully saturated rings. The Bertz CT molecular complexity index is 720. The lowest BCUT2D eigenvalue weighted by Gasteiger charge is -2.16. The minimum absolute atomic E-state index is 0.0441. The fraction of sp³-hybridized carbons (Fsp3) is 0.556. The molecule has 2 heterocycles. The minimum atomic E-state index is -4.99. The SMILES string of the molecule is Nc1ccn([C@@H]2O[C@H](CO[PH](=O)OP(=O)(O)O)[C@@H](O)[C@H]2O)c(=O)n1. The summed E-state index contributed by atoms with van der Waals surface area (Å²) in [5, 5.41) is 19.8. The molecule has 0 radical (unpaired) electrons. The Morgan fingerprint density at radius 2 is 2.08 bits per heavy atom. The number of aliphatic hydroxyl groups is 2. The molecular weight excluding hydrogens is 372 g/mol. The minimum Gasteiger partial charge on any atom is -0.387 e. The van der Waals surface area contributed by atoms with Crippen molar-refractivity contribution in [2.75, 3.05) is 12.3 Å². The van der Waals surface area contributed by atoms with Crippen molar-refractivity contribution >= 4 is 21.9 Å². The maximum absolute atomic E-state index is 11.7. The zero-order valence-electron chi connectivity index (χ0n) is 11.8. The van der Waals surface area contributed by atoms with Crippen molar-refractivity contribution in [1.82, 2.24) is 9.55 Å². The fourth-order valence-electron chi connectivity index (χ4n) is 1.99. The van der Waals surface area contributed by atoms with Gasteiger partial charge in [-0.05, 0) is 6.07 Å². The highest BCUT2D eigenvalue weighted by atomic mass is 31.2. The molecule has 0 amide bonds. The Morgan fingerprint density at radius 1 is 1.42 bits per heavy atom. The van der Waals surface area contributed by atoms with Crippen LogP contribution in [0.15, 0.2) is 17.1 Å². The van der Waals surface area contributed by atoms with Crippen LogP contribution < -0.4 is 11.4 Å². The lowest BCUT2D eigenvalue weighted by Crippen LogP contribution is -2.36. The van der Waals surface area contributed by atoms with E-state index in [4.69, 9.17) is 20.3 Å². The van der Waals surface area contributed by atoms with Gasteiger partial charge in [-0.2, -0.15) is 4.98 Å². The van der Waals surface area contributed by atoms with Gasteiger partial charge in [0.15, 0.2) is 6.23 Å². The van der Waals surface area contributed by atoms with Crippen LogP contribution in [0.5, 0.6) is 0 Å². The Labute approximate surface area is 134 Å². The molecule has 13 nitrogen and oxygen atoms in total. The maximum atomic E-state index is 11.7. The standard InChI is InChI=1S/C9H15N3O10P2/c10-5-1-2-12(9(15)11-5)8-7(14)6(13)4(21-8)3-20-23(16)22-24(17,18)19/h1-2,4,6-8,13-14,23H,3H2,(H2,10,11,15)(H2,17,18,19)/t4-,6-,7-,8-/m1/s1. The number of nitrogen functional groups attached to an aromatic ring is 1. The van der Waals surface area contributed by atoms with Gasteiger partial charge >= 0.3 is 21.8 Å². The van der Waals surface area contributed by atoms with E-state index >= 15 is 0 Å². The first-order valence-corrected chi connectivity index (χ1v) is 9.12. The number of hydrogen-bond acceptors (Lipinski definition) is 10. The highest BCUT2D eigenvalue weighted by Crippen LogP contribution is 2.48. The molecule has 136 valence electrons. The van der Waals surface area contributed by atoms with Crippen molar-refractivity contribution in [3.63, 3.8) is 0 Å². The van der Waals surface area contributed by atoms with Crippen molar-refractivity contribution < 1.29 is 42.7 Å². The second-order valence-corrected chi connectivity index (χ2v) is 7.23. The van der Waals surface area contributed by atoms with Crippen LogP contribution in [0.3, 0.4) is 0 Å². The molecule has 0 aromatic carbocycles. The normalized spacial score (nSPS) is 28.8. The summed E-state index contributed by atoms with van der Waals surface area (Å²) < 4.78 is 36.2. The van der Waals surface area contributed by atoms with E-state index in [9.17, 15) is 24.1 Å². The Hall–Kier alpha value is -1.14. The number of phosphoric acid groups is 1. The summed E-state index contributed by atoms with van der Waals surface area (Å²) in [6.45, 7) is -0.607. The average Bonchev–Trinajstić information content (AvgIpc) is 2.71. The Balaban J connectivity index is 2.03. The van der Waals surface area contributed by atoms with Gasteiger partial charge in [0.25, 0.3) is 0 Å². The van der Waals surface area contributed by atoms with Gasteiger partial charge in [-0.3, -0.25) is 9.13 Å². The molecule has 1 unspecified atom stereocenters. The van der Waals surface area contributed by atoms with Crippen LogP contribution in [0, 0.1) is 0 Å². The number of aromatic nitrogens is 2. The van der Waals surface area contributed by atoms with Crippen molar-refractivity contribution in [2.24, 2.45) is 0 Å². The molecule has 1 saturated heterocycles. The second kappa shape index (κ2) is 7.40. The van der Waals surface area contributed by atoms with E-state index in [2.05, 4.69) is 13.8 Å². The van der Waals surface area contributed by atoms with Gasteiger partial charge in [0, 0.05) is 6.20 Å². The summed E-state index contributed by atoms with van der Waals surface area (Å²) in [4.78, 5) is 32.1. The monoisotopic (exact) mass is 387 g/mol. The highest BCUT2D eigenvalue weighted by molar-refractivity contribution is 7.55. The van der Waals surface area contributed by atoms with Crippen LogP contribution >= 0.6 is 16.1 Å². The van der Waals surface area contributed by atoms with Crippen LogP contribution in [0.1, 0.15) is 6.23 Å². The van der Waals surface area contributed by atoms with Crippen LogP contribution in [0.25, 0.3) is 0 Å². The van der Waals surface area contributed by atoms with Gasteiger partial charge in [-0.15, -0.1) is 0 Å². The topological polar surface area (TPSA) is 204 Å². The first-order valence-electron chi connectivity index (χ1n) is 6.36. The van der Waals surface area contributed by atoms with E-state index in [-0.39, 0.29) is 5.82 Å². The number of aliphatic hydroxyl groups excluding tert-OH is 2. The molecule has 0 bridgehead atoms. The average molecular weight is 387 g/mol. The molecule has 1 aliphatic rings. The van der Waals surface area contributed by atoms with Crippen molar-refractivity contribution in [3.05, 3.63) is 22.7 Å². The van der Waals surface area contributed by atoms with Crippen molar-refractivity contribution in [2.45, 2.75) is 24.5 Å². The number of nitrogens with zero attached hydrogens (tertiary/aromatic N) is 2. The highest BCUT2D eigenvalue weighted by Gasteiger charge is 2.44. The first-order chi connectivity index (χ1) is 11.1. The Kier molecular flexibility index (Phi) is 5.91. The van der Waals surface area contributed by atoms with Gasteiger partial charge in [0.2, 0.25) is 0 Å². The summed E-state index contributed by atoms with van der Waals surface area (Å²) >= 11 is 0. The third kappa shape index (κ3) is 4.70. The zero-order valence-corrected chi connectivity index (χ0v) is 13.7. The molecule has 1 aromatic heterocycles. The molecule has 2 rings (SSSR count). The molecule has 15 heteroatoms. The lowest BCUT2D eigenvalue weighted by atomic mass is 10.1. The molecule has 1 aliphatic heterocycles. The molecule has 1 aromatic rings. The van der Waals surface area contributed by atoms with Crippen LogP contribution in [0.2, 0.25) is 0 Å². The predicted octanol–water partition coefficient (Wildman–Crippen LogP) is -2.04. The van der Waals surface area contributed by atoms with Gasteiger partial charge < -0.3 is 35.0 Å². The van der Waals surface area contributed by atoms with Crippen LogP contribution in [-0.2, 0) is 22.7 Å². The number of hydrogen-bond donors (Lipinski definition) is 5. The zero-order chi connectivity index (χ0) is 18.1. The molecule has 0 saturated carbocycles. The molecular formula is C9H15N3O10P2. The predicted molar refractivity (Wildman–Crippen MR) is 76.9 cm³/mol. The smallest absolute Gasteiger partial charge is 0.387 e. The Morgan fingerprint density at radius 3 is 2.67 bits per heavy atom.